The van der Waals surface area contributed by atoms with Gasteiger partial charge in [-0.3, -0.25) is 0 Å². The molecule has 0 unspecified atom stereocenters. The van der Waals surface area contributed by atoms with Crippen LogP contribution in [0.25, 0.3) is 55.0 Å². The van der Waals surface area contributed by atoms with Crippen LogP contribution >= 0.6 is 0 Å². The Morgan fingerprint density at radius 2 is 0.692 bits per heavy atom. The molecule has 2 aliphatic rings. The van der Waals surface area contributed by atoms with Crippen LogP contribution in [0, 0.1) is 13.8 Å². The number of aromatic nitrogens is 2. The molecular weight excluding hydrogens is 938 g/mol. The number of benzene rings is 7. The SMILES string of the molecule is Cc1ccc2c(c1)c1cc(C(C)C)cc3c1n2-c1cc2c(cc1B3c1c(C(C)(C)C)cc(C(C)(C)C)cc1C(C)(C)C)-n1c3ccc(C(C)C)cc3c3cc(C)cc(c31)B2c1c(C(C)(C)C)cc(C(C)(C)C)cc1C(C)(C)C. The smallest absolute Gasteiger partial charge is 0.247 e. The lowest BCUT2D eigenvalue weighted by atomic mass is 9.30. The predicted octanol–water partition coefficient (Wildman–Crippen LogP) is 16.2. The summed E-state index contributed by atoms with van der Waals surface area (Å²) in [5.74, 6) is 0.757. The summed E-state index contributed by atoms with van der Waals surface area (Å²) in [6.45, 7) is 57.9. The van der Waals surface area contributed by atoms with Crippen LogP contribution in [0.5, 0.6) is 0 Å². The van der Waals surface area contributed by atoms with E-state index in [0.29, 0.717) is 11.8 Å². The first kappa shape index (κ1) is 54.2. The Kier molecular flexibility index (Phi) is 12.1. The summed E-state index contributed by atoms with van der Waals surface area (Å²) in [4.78, 5) is 0. The summed E-state index contributed by atoms with van der Waals surface area (Å²) in [6.07, 6.45) is 0. The average molecular weight is 1030 g/mol. The molecule has 0 radical (unpaired) electrons. The maximum atomic E-state index is 2.74. The van der Waals surface area contributed by atoms with Crippen LogP contribution in [0.15, 0.2) is 97.1 Å². The summed E-state index contributed by atoms with van der Waals surface area (Å²) in [5, 5.41) is 5.41. The van der Waals surface area contributed by atoms with Crippen LogP contribution in [0.3, 0.4) is 0 Å². The van der Waals surface area contributed by atoms with Crippen molar-refractivity contribution in [3.05, 3.63) is 153 Å². The van der Waals surface area contributed by atoms with E-state index in [-0.39, 0.29) is 45.9 Å². The molecule has 0 aliphatic carbocycles. The van der Waals surface area contributed by atoms with Gasteiger partial charge in [0.05, 0.1) is 11.0 Å². The normalized spacial score (nSPS) is 14.3. The van der Waals surface area contributed by atoms with Gasteiger partial charge in [-0.05, 0) is 173 Å². The Hall–Kier alpha value is -5.73. The van der Waals surface area contributed by atoms with E-state index in [1.807, 2.05) is 0 Å². The van der Waals surface area contributed by atoms with Gasteiger partial charge in [0.15, 0.2) is 0 Å². The molecule has 11 rings (SSSR count). The summed E-state index contributed by atoms with van der Waals surface area (Å²) in [5.41, 5.74) is 29.8. The highest BCUT2D eigenvalue weighted by molar-refractivity contribution is 7.00. The van der Waals surface area contributed by atoms with Crippen molar-refractivity contribution in [1.82, 2.24) is 9.13 Å². The number of fused-ring (bicyclic) bond motifs is 10. The van der Waals surface area contributed by atoms with Crippen LogP contribution in [0.2, 0.25) is 0 Å². The molecule has 0 fully saturated rings. The molecule has 4 heterocycles. The van der Waals surface area contributed by atoms with Gasteiger partial charge in [-0.15, -0.1) is 0 Å². The van der Waals surface area contributed by atoms with Crippen molar-refractivity contribution >= 4 is 89.8 Å². The number of hydrogen-bond acceptors (Lipinski definition) is 0. The van der Waals surface area contributed by atoms with E-state index in [4.69, 9.17) is 0 Å². The van der Waals surface area contributed by atoms with Crippen LogP contribution in [0.1, 0.15) is 220 Å². The molecule has 2 nitrogen and oxygen atoms in total. The van der Waals surface area contributed by atoms with E-state index in [2.05, 4.69) is 272 Å². The van der Waals surface area contributed by atoms with E-state index >= 15 is 0 Å². The number of rotatable bonds is 4. The highest BCUT2D eigenvalue weighted by Gasteiger charge is 2.45. The van der Waals surface area contributed by atoms with Crippen molar-refractivity contribution in [3.63, 3.8) is 0 Å². The Morgan fingerprint density at radius 1 is 0.333 bits per heavy atom. The average Bonchev–Trinajstić information content (AvgIpc) is 3.84. The van der Waals surface area contributed by atoms with Crippen LogP contribution in [0.4, 0.5) is 0 Å². The second-order valence-electron chi connectivity index (χ2n) is 31.3. The third-order valence-corrected chi connectivity index (χ3v) is 18.3. The standard InChI is InChI=1S/C74H90B2N2/c1-41(2)45-26-28-62-50(32-45)51-30-44(6)31-59-67(51)78(62)63-40-58-64(39-57(63)75(59)65-53(71(13,14)15)35-47(69(7,8)9)36-54(65)72(16,17)18)77-61-27-25-43(5)29-49(61)52-33-46(42(3)4)34-60(68(52)77)76(58)66-55(73(19,20)21)37-48(70(10,11)12)38-56(66)74(22,23)24/h25-42H,1-24H3. The zero-order valence-corrected chi connectivity index (χ0v) is 52.4. The van der Waals surface area contributed by atoms with Crippen LogP contribution < -0.4 is 32.8 Å². The van der Waals surface area contributed by atoms with Crippen molar-refractivity contribution in [3.8, 4) is 11.4 Å². The van der Waals surface area contributed by atoms with E-state index in [1.165, 1.54) is 143 Å². The molecule has 2 aliphatic heterocycles. The largest absolute Gasteiger partial charge is 0.310 e. The first-order valence-electron chi connectivity index (χ1n) is 29.7. The minimum Gasteiger partial charge on any atom is -0.310 e. The minimum absolute atomic E-state index is 0.0286. The van der Waals surface area contributed by atoms with Gasteiger partial charge in [-0.2, -0.15) is 0 Å². The second kappa shape index (κ2) is 17.4. The Balaban J connectivity index is 1.42. The van der Waals surface area contributed by atoms with Crippen molar-refractivity contribution in [2.75, 3.05) is 0 Å². The molecule has 78 heavy (non-hydrogen) atoms. The van der Waals surface area contributed by atoms with Gasteiger partial charge in [-0.1, -0.05) is 223 Å². The van der Waals surface area contributed by atoms with E-state index in [9.17, 15) is 0 Å². The van der Waals surface area contributed by atoms with Crippen LogP contribution in [-0.2, 0) is 32.5 Å². The highest BCUT2D eigenvalue weighted by atomic mass is 15.0. The van der Waals surface area contributed by atoms with Crippen molar-refractivity contribution in [1.29, 1.82) is 0 Å². The molecule has 0 spiro atoms. The van der Waals surface area contributed by atoms with Gasteiger partial charge >= 0.3 is 0 Å². The third-order valence-electron chi connectivity index (χ3n) is 18.3. The fourth-order valence-corrected chi connectivity index (χ4v) is 14.0. The Labute approximate surface area is 471 Å². The fraction of sp³-hybridized carbons (Fsp3) is 0.432. The molecule has 7 aromatic carbocycles. The molecular formula is C74H90B2N2. The summed E-state index contributed by atoms with van der Waals surface area (Å²) < 4.78 is 5.46. The quantitative estimate of drug-likeness (QED) is 0.156. The predicted molar refractivity (Wildman–Crippen MR) is 347 cm³/mol. The van der Waals surface area contributed by atoms with Gasteiger partial charge < -0.3 is 9.13 Å². The number of nitrogens with zero attached hydrogens (tertiary/aromatic N) is 2. The third kappa shape index (κ3) is 8.41. The molecule has 0 bridgehead atoms. The summed E-state index contributed by atoms with van der Waals surface area (Å²) >= 11 is 0. The zero-order valence-electron chi connectivity index (χ0n) is 52.4. The molecule has 402 valence electrons. The van der Waals surface area contributed by atoms with E-state index in [0.717, 1.165) is 0 Å². The topological polar surface area (TPSA) is 9.86 Å². The van der Waals surface area contributed by atoms with Gasteiger partial charge in [0.1, 0.15) is 0 Å². The highest BCUT2D eigenvalue weighted by Crippen LogP contribution is 2.43. The summed E-state index contributed by atoms with van der Waals surface area (Å²) in [7, 11) is 0. The lowest BCUT2D eigenvalue weighted by Crippen LogP contribution is -2.63. The monoisotopic (exact) mass is 1030 g/mol. The summed E-state index contributed by atoms with van der Waals surface area (Å²) in [6, 6.07) is 40.8. The lowest BCUT2D eigenvalue weighted by Gasteiger charge is -2.40. The molecule has 0 atom stereocenters. The molecule has 0 amide bonds. The molecule has 0 saturated heterocycles. The van der Waals surface area contributed by atoms with Gasteiger partial charge in [0.25, 0.3) is 0 Å². The molecule has 9 aromatic rings. The molecule has 0 N–H and O–H groups in total. The van der Waals surface area contributed by atoms with Gasteiger partial charge in [0, 0.05) is 44.0 Å². The molecule has 4 heteroatoms. The second-order valence-corrected chi connectivity index (χ2v) is 31.3. The zero-order chi connectivity index (χ0) is 56.8. The first-order valence-corrected chi connectivity index (χ1v) is 29.7. The minimum atomic E-state index is -0.147. The number of aryl methyl sites for hydroxylation is 2. The van der Waals surface area contributed by atoms with Crippen molar-refractivity contribution in [2.24, 2.45) is 0 Å². The number of hydrogen-bond donors (Lipinski definition) is 0. The van der Waals surface area contributed by atoms with E-state index < -0.39 is 0 Å². The van der Waals surface area contributed by atoms with Gasteiger partial charge in [-0.25, -0.2) is 0 Å². The lowest BCUT2D eigenvalue weighted by molar-refractivity contribution is 0.552. The van der Waals surface area contributed by atoms with E-state index in [1.54, 1.807) is 0 Å². The van der Waals surface area contributed by atoms with Crippen molar-refractivity contribution in [2.45, 2.75) is 210 Å². The van der Waals surface area contributed by atoms with Crippen molar-refractivity contribution < 1.29 is 0 Å². The first-order chi connectivity index (χ1) is 36.0. The van der Waals surface area contributed by atoms with Gasteiger partial charge in [0.2, 0.25) is 13.4 Å². The Morgan fingerprint density at radius 3 is 1.09 bits per heavy atom. The fourth-order valence-electron chi connectivity index (χ4n) is 14.0. The maximum Gasteiger partial charge on any atom is 0.247 e. The molecule has 2 aromatic heterocycles. The maximum absolute atomic E-state index is 2.74. The molecule has 0 saturated carbocycles. The Bertz CT molecular complexity index is 3920. The van der Waals surface area contributed by atoms with Crippen LogP contribution in [-0.4, -0.2) is 22.6 Å².